The third-order valence-corrected chi connectivity index (χ3v) is 2.34. The number of alkyl halides is 1. The molecule has 0 spiro atoms. The summed E-state index contributed by atoms with van der Waals surface area (Å²) >= 11 is 1.30. The summed E-state index contributed by atoms with van der Waals surface area (Å²) in [6, 6.07) is 0. The van der Waals surface area contributed by atoms with Crippen molar-refractivity contribution in [2.24, 2.45) is 0 Å². The molecule has 2 rings (SSSR count). The van der Waals surface area contributed by atoms with Gasteiger partial charge in [-0.1, -0.05) is 0 Å². The molecule has 1 aliphatic rings. The Labute approximate surface area is 61.9 Å². The van der Waals surface area contributed by atoms with E-state index in [1.54, 1.807) is 5.38 Å². The number of halogens is 1. The molecule has 1 aromatic heterocycles. The number of nitrogens with two attached hydrogens (primary N) is 1. The van der Waals surface area contributed by atoms with Crippen LogP contribution < -0.4 is 5.73 Å². The molecule has 0 aliphatic heterocycles. The molecule has 1 saturated carbocycles. The normalized spacial score (nSPS) is 20.9. The lowest BCUT2D eigenvalue weighted by Crippen LogP contribution is -1.97. The molecule has 4 heteroatoms. The van der Waals surface area contributed by atoms with Gasteiger partial charge in [-0.3, -0.25) is 0 Å². The minimum Gasteiger partial charge on any atom is -0.375 e. The molecule has 10 heavy (non-hydrogen) atoms. The van der Waals surface area contributed by atoms with E-state index in [1.807, 2.05) is 0 Å². The third kappa shape index (κ3) is 0.794. The topological polar surface area (TPSA) is 38.9 Å². The van der Waals surface area contributed by atoms with Crippen LogP contribution in [0.1, 0.15) is 18.5 Å². The number of thiazole rings is 1. The van der Waals surface area contributed by atoms with Gasteiger partial charge in [0, 0.05) is 5.38 Å². The summed E-state index contributed by atoms with van der Waals surface area (Å²) in [6.45, 7) is 0. The number of nitrogen functional groups attached to an aromatic ring is 1. The summed E-state index contributed by atoms with van der Waals surface area (Å²) < 4.78 is 13.1. The van der Waals surface area contributed by atoms with Gasteiger partial charge >= 0.3 is 0 Å². The molecule has 1 aliphatic carbocycles. The first-order chi connectivity index (χ1) is 4.71. The zero-order valence-electron chi connectivity index (χ0n) is 5.30. The van der Waals surface area contributed by atoms with Crippen LogP contribution in [0.5, 0.6) is 0 Å². The van der Waals surface area contributed by atoms with E-state index < -0.39 is 5.67 Å². The largest absolute Gasteiger partial charge is 0.375 e. The van der Waals surface area contributed by atoms with Gasteiger partial charge in [-0.2, -0.15) is 0 Å². The van der Waals surface area contributed by atoms with Crippen molar-refractivity contribution in [1.82, 2.24) is 4.98 Å². The monoisotopic (exact) mass is 158 g/mol. The first-order valence-corrected chi connectivity index (χ1v) is 3.99. The van der Waals surface area contributed by atoms with Gasteiger partial charge in [-0.15, -0.1) is 11.3 Å². The highest BCUT2D eigenvalue weighted by Crippen LogP contribution is 2.49. The molecule has 0 amide bonds. The Hall–Kier alpha value is -0.640. The van der Waals surface area contributed by atoms with E-state index in [0.717, 1.165) is 0 Å². The Morgan fingerprint density at radius 2 is 2.40 bits per heavy atom. The van der Waals surface area contributed by atoms with Gasteiger partial charge in [-0.25, -0.2) is 9.37 Å². The lowest BCUT2D eigenvalue weighted by molar-refractivity contribution is 0.311. The SMILES string of the molecule is Nc1nc(C2(F)CC2)cs1. The van der Waals surface area contributed by atoms with Gasteiger partial charge < -0.3 is 5.73 Å². The summed E-state index contributed by atoms with van der Waals surface area (Å²) in [5.74, 6) is 0. The van der Waals surface area contributed by atoms with Crippen molar-refractivity contribution in [3.05, 3.63) is 11.1 Å². The van der Waals surface area contributed by atoms with Crippen molar-refractivity contribution in [3.8, 4) is 0 Å². The maximum atomic E-state index is 13.1. The van der Waals surface area contributed by atoms with Gasteiger partial charge in [0.05, 0.1) is 5.69 Å². The minimum absolute atomic E-state index is 0.457. The number of nitrogens with zero attached hydrogens (tertiary/aromatic N) is 1. The Bertz CT molecular complexity index is 254. The van der Waals surface area contributed by atoms with Crippen molar-refractivity contribution in [1.29, 1.82) is 0 Å². The van der Waals surface area contributed by atoms with Crippen molar-refractivity contribution in [2.45, 2.75) is 18.5 Å². The highest BCUT2D eigenvalue weighted by molar-refractivity contribution is 7.13. The second-order valence-electron chi connectivity index (χ2n) is 2.54. The van der Waals surface area contributed by atoms with Crippen LogP contribution in [-0.2, 0) is 5.67 Å². The van der Waals surface area contributed by atoms with Gasteiger partial charge in [0.1, 0.15) is 0 Å². The fraction of sp³-hybridized carbons (Fsp3) is 0.500. The molecule has 1 aromatic rings. The maximum absolute atomic E-state index is 13.1. The highest BCUT2D eigenvalue weighted by Gasteiger charge is 2.46. The van der Waals surface area contributed by atoms with Gasteiger partial charge in [0.15, 0.2) is 10.8 Å². The van der Waals surface area contributed by atoms with Gasteiger partial charge in [0.25, 0.3) is 0 Å². The fourth-order valence-corrected chi connectivity index (χ4v) is 1.51. The number of hydrogen-bond acceptors (Lipinski definition) is 3. The van der Waals surface area contributed by atoms with Crippen molar-refractivity contribution in [2.75, 3.05) is 5.73 Å². The molecule has 0 saturated heterocycles. The molecule has 54 valence electrons. The first kappa shape index (κ1) is 6.09. The number of aromatic nitrogens is 1. The third-order valence-electron chi connectivity index (χ3n) is 1.67. The first-order valence-electron chi connectivity index (χ1n) is 3.11. The number of rotatable bonds is 1. The lowest BCUT2D eigenvalue weighted by Gasteiger charge is -1.95. The molecule has 0 unspecified atom stereocenters. The molecule has 1 fully saturated rings. The van der Waals surface area contributed by atoms with Crippen molar-refractivity contribution in [3.63, 3.8) is 0 Å². The molecule has 0 bridgehead atoms. The van der Waals surface area contributed by atoms with Crippen LogP contribution in [-0.4, -0.2) is 4.98 Å². The van der Waals surface area contributed by atoms with Crippen LogP contribution in [0.25, 0.3) is 0 Å². The Morgan fingerprint density at radius 1 is 1.70 bits per heavy atom. The number of hydrogen-bond donors (Lipinski definition) is 1. The van der Waals surface area contributed by atoms with E-state index in [4.69, 9.17) is 5.73 Å². The molecular weight excluding hydrogens is 151 g/mol. The zero-order chi connectivity index (χ0) is 7.19. The molecular formula is C6H7FN2S. The molecule has 0 radical (unpaired) electrons. The van der Waals surface area contributed by atoms with Crippen molar-refractivity contribution < 1.29 is 4.39 Å². The minimum atomic E-state index is -1.12. The standard InChI is InChI=1S/C6H7FN2S/c7-6(1-2-6)4-3-10-5(8)9-4/h3H,1-2H2,(H2,8,9). The van der Waals surface area contributed by atoms with E-state index in [1.165, 1.54) is 11.3 Å². The van der Waals surface area contributed by atoms with Crippen LogP contribution in [0.15, 0.2) is 5.38 Å². The molecule has 2 N–H and O–H groups in total. The Kier molecular flexibility index (Phi) is 1.03. The Morgan fingerprint density at radius 3 is 2.80 bits per heavy atom. The molecule has 1 heterocycles. The fourth-order valence-electron chi connectivity index (χ4n) is 0.859. The summed E-state index contributed by atoms with van der Waals surface area (Å²) in [5.41, 5.74) is 4.75. The zero-order valence-corrected chi connectivity index (χ0v) is 6.12. The quantitative estimate of drug-likeness (QED) is 0.675. The summed E-state index contributed by atoms with van der Waals surface area (Å²) in [5, 5.41) is 2.15. The van der Waals surface area contributed by atoms with Crippen LogP contribution in [0, 0.1) is 0 Å². The highest BCUT2D eigenvalue weighted by atomic mass is 32.1. The summed E-state index contributed by atoms with van der Waals surface area (Å²) in [4.78, 5) is 3.87. The van der Waals surface area contributed by atoms with E-state index in [0.29, 0.717) is 23.7 Å². The van der Waals surface area contributed by atoms with E-state index >= 15 is 0 Å². The number of anilines is 1. The molecule has 2 nitrogen and oxygen atoms in total. The van der Waals surface area contributed by atoms with E-state index in [-0.39, 0.29) is 0 Å². The average Bonchev–Trinajstić information content (AvgIpc) is 2.45. The van der Waals surface area contributed by atoms with E-state index in [2.05, 4.69) is 4.98 Å². The molecule has 0 aromatic carbocycles. The predicted molar refractivity (Wildman–Crippen MR) is 38.5 cm³/mol. The van der Waals surface area contributed by atoms with Crippen LogP contribution in [0.2, 0.25) is 0 Å². The van der Waals surface area contributed by atoms with Crippen LogP contribution >= 0.6 is 11.3 Å². The van der Waals surface area contributed by atoms with Crippen LogP contribution in [0.3, 0.4) is 0 Å². The van der Waals surface area contributed by atoms with Gasteiger partial charge in [-0.05, 0) is 12.8 Å². The summed E-state index contributed by atoms with van der Waals surface area (Å²) in [7, 11) is 0. The second kappa shape index (κ2) is 1.69. The smallest absolute Gasteiger partial charge is 0.180 e. The van der Waals surface area contributed by atoms with Gasteiger partial charge in [0.2, 0.25) is 0 Å². The molecule has 0 atom stereocenters. The van der Waals surface area contributed by atoms with Crippen LogP contribution in [0.4, 0.5) is 9.52 Å². The maximum Gasteiger partial charge on any atom is 0.180 e. The lowest BCUT2D eigenvalue weighted by atomic mass is 10.3. The van der Waals surface area contributed by atoms with Crippen molar-refractivity contribution >= 4 is 16.5 Å². The second-order valence-corrected chi connectivity index (χ2v) is 3.43. The van der Waals surface area contributed by atoms with E-state index in [9.17, 15) is 4.39 Å². The average molecular weight is 158 g/mol. The predicted octanol–water partition coefficient (Wildman–Crippen LogP) is 1.68. The Balaban J connectivity index is 2.34. The summed E-state index contributed by atoms with van der Waals surface area (Å²) in [6.07, 6.45) is 1.21.